The first-order valence-corrected chi connectivity index (χ1v) is 9.97. The highest BCUT2D eigenvalue weighted by Gasteiger charge is 2.51. The van der Waals surface area contributed by atoms with Crippen LogP contribution >= 0.6 is 0 Å². The van der Waals surface area contributed by atoms with E-state index in [2.05, 4.69) is 33.8 Å². The molecule has 1 saturated carbocycles. The van der Waals surface area contributed by atoms with Crippen molar-refractivity contribution in [1.29, 1.82) is 0 Å². The number of carbonyl (C=O) groups is 2. The van der Waals surface area contributed by atoms with Crippen LogP contribution in [0, 0.1) is 13.8 Å². The number of nitrogens with zero attached hydrogens (tertiary/aromatic N) is 2. The topological polar surface area (TPSA) is 93.2 Å². The number of benzene rings is 1. The molecule has 1 heterocycles. The smallest absolute Gasteiger partial charge is 0.255 e. The lowest BCUT2D eigenvalue weighted by Gasteiger charge is -2.19. The van der Waals surface area contributed by atoms with E-state index in [1.54, 1.807) is 18.2 Å². The Morgan fingerprint density at radius 2 is 1.81 bits per heavy atom. The fraction of sp³-hybridized carbons (Fsp3) is 0.250. The van der Waals surface area contributed by atoms with Crippen LogP contribution in [0.1, 0.15) is 39.9 Å². The summed E-state index contributed by atoms with van der Waals surface area (Å²) >= 11 is 0. The molecule has 3 rings (SSSR count). The zero-order chi connectivity index (χ0) is 22.4. The Kier molecular flexibility index (Phi) is 6.65. The maximum atomic E-state index is 12.8. The van der Waals surface area contributed by atoms with Gasteiger partial charge in [-0.2, -0.15) is 0 Å². The number of hydrogen-bond donors (Lipinski definition) is 2. The Morgan fingerprint density at radius 1 is 1.16 bits per heavy atom. The molecule has 31 heavy (non-hydrogen) atoms. The molecule has 1 aliphatic carbocycles. The molecular weight excluding hydrogens is 392 g/mol. The zero-order valence-electron chi connectivity index (χ0n) is 17.8. The third-order valence-corrected chi connectivity index (χ3v) is 5.17. The standard InChI is InChI=1S/C24H26N4O3/c1-5-7-19(6-2)31-20-10-16(3)21(17(4)11-20)14-27-23(30)24(8-9-24)28-22(29)18-12-25-15-26-13-18/h5-7,10-13,15H,1-2,8-9,14H2,3-4H3,(H,27,30)(H,28,29)/b19-7+. The second kappa shape index (κ2) is 9.38. The summed E-state index contributed by atoms with van der Waals surface area (Å²) in [5.74, 6) is 0.742. The van der Waals surface area contributed by atoms with Crippen LogP contribution < -0.4 is 15.4 Å². The summed E-state index contributed by atoms with van der Waals surface area (Å²) in [5, 5.41) is 5.79. The van der Waals surface area contributed by atoms with E-state index in [9.17, 15) is 9.59 Å². The molecule has 0 spiro atoms. The van der Waals surface area contributed by atoms with Gasteiger partial charge in [-0.15, -0.1) is 0 Å². The van der Waals surface area contributed by atoms with Crippen LogP contribution in [-0.4, -0.2) is 27.3 Å². The van der Waals surface area contributed by atoms with Gasteiger partial charge in [0.15, 0.2) is 0 Å². The molecule has 7 nitrogen and oxygen atoms in total. The van der Waals surface area contributed by atoms with Gasteiger partial charge in [-0.25, -0.2) is 9.97 Å². The fourth-order valence-corrected chi connectivity index (χ4v) is 3.26. The predicted molar refractivity (Wildman–Crippen MR) is 118 cm³/mol. The monoisotopic (exact) mass is 418 g/mol. The Hall–Kier alpha value is -3.74. The number of nitrogens with one attached hydrogen (secondary N) is 2. The molecule has 1 fully saturated rings. The zero-order valence-corrected chi connectivity index (χ0v) is 17.8. The van der Waals surface area contributed by atoms with E-state index in [0.717, 1.165) is 16.7 Å². The summed E-state index contributed by atoms with van der Waals surface area (Å²) in [6.45, 7) is 11.7. The SMILES string of the molecule is C=C/C=C(\C=C)Oc1cc(C)c(CNC(=O)C2(NC(=O)c3cncnc3)CC2)c(C)c1. The van der Waals surface area contributed by atoms with Gasteiger partial charge in [0.25, 0.3) is 5.91 Å². The highest BCUT2D eigenvalue weighted by Crippen LogP contribution is 2.36. The van der Waals surface area contributed by atoms with Crippen LogP contribution in [0.15, 0.2) is 68.0 Å². The maximum Gasteiger partial charge on any atom is 0.255 e. The summed E-state index contributed by atoms with van der Waals surface area (Å²) in [4.78, 5) is 32.9. The lowest BCUT2D eigenvalue weighted by molar-refractivity contribution is -0.124. The Bertz CT molecular complexity index is 1020. The van der Waals surface area contributed by atoms with E-state index in [4.69, 9.17) is 4.74 Å². The van der Waals surface area contributed by atoms with Crippen LogP contribution in [0.3, 0.4) is 0 Å². The first-order chi connectivity index (χ1) is 14.9. The summed E-state index contributed by atoms with van der Waals surface area (Å²) in [6, 6.07) is 3.83. The van der Waals surface area contributed by atoms with Crippen molar-refractivity contribution in [2.24, 2.45) is 0 Å². The number of aromatic nitrogens is 2. The number of amides is 2. The van der Waals surface area contributed by atoms with E-state index in [1.807, 2.05) is 26.0 Å². The summed E-state index contributed by atoms with van der Waals surface area (Å²) in [5.41, 5.74) is 2.45. The van der Waals surface area contributed by atoms with Gasteiger partial charge in [0, 0.05) is 18.9 Å². The average Bonchev–Trinajstić information content (AvgIpc) is 3.54. The minimum atomic E-state index is -0.869. The van der Waals surface area contributed by atoms with Crippen molar-refractivity contribution in [3.05, 3.63) is 90.3 Å². The lowest BCUT2D eigenvalue weighted by Crippen LogP contribution is -2.48. The van der Waals surface area contributed by atoms with Crippen molar-refractivity contribution in [3.8, 4) is 5.75 Å². The number of aryl methyl sites for hydroxylation is 2. The van der Waals surface area contributed by atoms with Gasteiger partial charge in [-0.1, -0.05) is 19.2 Å². The van der Waals surface area contributed by atoms with Crippen molar-refractivity contribution >= 4 is 11.8 Å². The minimum Gasteiger partial charge on any atom is -0.457 e. The van der Waals surface area contributed by atoms with Crippen molar-refractivity contribution < 1.29 is 14.3 Å². The van der Waals surface area contributed by atoms with E-state index in [1.165, 1.54) is 18.7 Å². The molecule has 0 bridgehead atoms. The number of carbonyl (C=O) groups excluding carboxylic acids is 2. The second-order valence-electron chi connectivity index (χ2n) is 7.49. The van der Waals surface area contributed by atoms with Gasteiger partial charge < -0.3 is 15.4 Å². The van der Waals surface area contributed by atoms with Gasteiger partial charge in [-0.3, -0.25) is 9.59 Å². The molecule has 2 N–H and O–H groups in total. The lowest BCUT2D eigenvalue weighted by atomic mass is 10.0. The van der Waals surface area contributed by atoms with Crippen LogP contribution in [-0.2, 0) is 11.3 Å². The molecule has 2 amide bonds. The highest BCUT2D eigenvalue weighted by atomic mass is 16.5. The number of allylic oxidation sites excluding steroid dienone is 3. The quantitative estimate of drug-likeness (QED) is 0.481. The molecule has 7 heteroatoms. The van der Waals surface area contributed by atoms with Crippen molar-refractivity contribution in [3.63, 3.8) is 0 Å². The molecular formula is C24H26N4O3. The molecule has 2 aromatic rings. The average molecular weight is 418 g/mol. The molecule has 1 aromatic heterocycles. The van der Waals surface area contributed by atoms with E-state index in [0.29, 0.717) is 36.5 Å². The number of ether oxygens (including phenoxy) is 1. The minimum absolute atomic E-state index is 0.195. The summed E-state index contributed by atoms with van der Waals surface area (Å²) in [7, 11) is 0. The van der Waals surface area contributed by atoms with Gasteiger partial charge in [0.05, 0.1) is 5.56 Å². The Labute approximate surface area is 181 Å². The normalized spacial score (nSPS) is 14.3. The molecule has 160 valence electrons. The van der Waals surface area contributed by atoms with Gasteiger partial charge in [0.1, 0.15) is 23.4 Å². The van der Waals surface area contributed by atoms with E-state index >= 15 is 0 Å². The van der Waals surface area contributed by atoms with Crippen LogP contribution in [0.25, 0.3) is 0 Å². The molecule has 0 saturated heterocycles. The van der Waals surface area contributed by atoms with Crippen LogP contribution in [0.4, 0.5) is 0 Å². The molecule has 0 radical (unpaired) electrons. The summed E-state index contributed by atoms with van der Waals surface area (Å²) < 4.78 is 5.82. The molecule has 1 aromatic carbocycles. The van der Waals surface area contributed by atoms with Gasteiger partial charge in [0.2, 0.25) is 5.91 Å². The van der Waals surface area contributed by atoms with Gasteiger partial charge >= 0.3 is 0 Å². The highest BCUT2D eigenvalue weighted by molar-refractivity contribution is 6.00. The third kappa shape index (κ3) is 5.25. The number of rotatable bonds is 9. The maximum absolute atomic E-state index is 12.8. The van der Waals surface area contributed by atoms with Gasteiger partial charge in [-0.05, 0) is 67.7 Å². The molecule has 0 aliphatic heterocycles. The molecule has 1 aliphatic rings. The van der Waals surface area contributed by atoms with Crippen molar-refractivity contribution in [2.45, 2.75) is 38.8 Å². The molecule has 0 atom stereocenters. The molecule has 0 unspecified atom stereocenters. The summed E-state index contributed by atoms with van der Waals surface area (Å²) in [6.07, 6.45) is 10.4. The third-order valence-electron chi connectivity index (χ3n) is 5.17. The number of hydrogen-bond acceptors (Lipinski definition) is 5. The first kappa shape index (κ1) is 22.0. The van der Waals surface area contributed by atoms with Crippen LogP contribution in [0.5, 0.6) is 5.75 Å². The predicted octanol–water partition coefficient (Wildman–Crippen LogP) is 3.31. The van der Waals surface area contributed by atoms with E-state index in [-0.39, 0.29) is 11.8 Å². The fourth-order valence-electron chi connectivity index (χ4n) is 3.26. The van der Waals surface area contributed by atoms with Crippen LogP contribution in [0.2, 0.25) is 0 Å². The van der Waals surface area contributed by atoms with Crippen molar-refractivity contribution in [2.75, 3.05) is 0 Å². The second-order valence-corrected chi connectivity index (χ2v) is 7.49. The largest absolute Gasteiger partial charge is 0.457 e. The Balaban J connectivity index is 1.64. The first-order valence-electron chi connectivity index (χ1n) is 9.97. The van der Waals surface area contributed by atoms with Crippen molar-refractivity contribution in [1.82, 2.24) is 20.6 Å². The Morgan fingerprint density at radius 3 is 2.35 bits per heavy atom. The van der Waals surface area contributed by atoms with E-state index < -0.39 is 5.54 Å².